The molecule has 2 atom stereocenters. The Balaban J connectivity index is 0.00000324. The predicted molar refractivity (Wildman–Crippen MR) is 124 cm³/mol. The van der Waals surface area contributed by atoms with Gasteiger partial charge in [-0.15, -0.1) is 33.3 Å². The maximum absolute atomic E-state index is 12.7. The Morgan fingerprint density at radius 2 is 2.00 bits per heavy atom. The molecule has 1 saturated heterocycles. The summed E-state index contributed by atoms with van der Waals surface area (Å²) >= 11 is 4.94. The largest absolute Gasteiger partial charge is 1.00 e. The van der Waals surface area contributed by atoms with Gasteiger partial charge in [0.15, 0.2) is 9.47 Å². The van der Waals surface area contributed by atoms with Gasteiger partial charge < -0.3 is 24.1 Å². The van der Waals surface area contributed by atoms with E-state index in [0.717, 1.165) is 11.3 Å². The predicted octanol–water partition coefficient (Wildman–Crippen LogP) is -5.49. The van der Waals surface area contributed by atoms with Gasteiger partial charge in [-0.2, -0.15) is 0 Å². The Morgan fingerprint density at radius 3 is 2.63 bits per heavy atom. The fourth-order valence-electron chi connectivity index (χ4n) is 3.23. The number of fused-ring (bicyclic) bond motifs is 1. The number of carbonyl (C=O) groups is 4. The molecule has 2 aliphatic heterocycles. The van der Waals surface area contributed by atoms with Gasteiger partial charge >= 0.3 is 71.1 Å². The van der Waals surface area contributed by atoms with Crippen molar-refractivity contribution in [1.29, 1.82) is 0 Å². The van der Waals surface area contributed by atoms with Crippen LogP contribution in [0, 0.1) is 0 Å². The van der Waals surface area contributed by atoms with Gasteiger partial charge in [0.05, 0.1) is 18.5 Å². The van der Waals surface area contributed by atoms with Crippen LogP contribution >= 0.6 is 46.2 Å². The molecular weight excluding hydrogens is 558 g/mol. The van der Waals surface area contributed by atoms with Crippen LogP contribution in [0.2, 0.25) is 0 Å². The quantitative estimate of drug-likeness (QED) is 0.126. The minimum atomic E-state index is -1.23. The molecular formula is C17H18N6Na2O6S4. The summed E-state index contributed by atoms with van der Waals surface area (Å²) in [6, 6.07) is -0.816. The molecule has 1 unspecified atom stereocenters. The second kappa shape index (κ2) is 13.2. The normalized spacial score (nSPS) is 18.6. The van der Waals surface area contributed by atoms with Crippen molar-refractivity contribution in [2.75, 3.05) is 17.2 Å². The van der Waals surface area contributed by atoms with Crippen molar-refractivity contribution in [3.8, 4) is 0 Å². The van der Waals surface area contributed by atoms with E-state index in [1.807, 2.05) is 0 Å². The van der Waals surface area contributed by atoms with E-state index in [2.05, 4.69) is 20.5 Å². The number of amides is 2. The number of carboxylic acids is 2. The summed E-state index contributed by atoms with van der Waals surface area (Å²) in [6.07, 6.45) is -0.256. The van der Waals surface area contributed by atoms with Crippen molar-refractivity contribution in [1.82, 2.24) is 25.4 Å². The molecule has 0 spiro atoms. The van der Waals surface area contributed by atoms with Gasteiger partial charge in [0.2, 0.25) is 5.91 Å². The van der Waals surface area contributed by atoms with E-state index in [1.165, 1.54) is 39.8 Å². The maximum atomic E-state index is 12.7. The van der Waals surface area contributed by atoms with Crippen molar-refractivity contribution in [2.24, 2.45) is 0 Å². The SMILES string of the molecule is Nc1nc(CC(=O)NC2C(=O)N3C(C(=O)O)=C(CSc4nnc(CC(=O)O)s4)CS[C@H]23)cs1.[H-].[H-].[Na+].[Na+]. The van der Waals surface area contributed by atoms with E-state index in [4.69, 9.17) is 10.8 Å². The number of hydrogen-bond donors (Lipinski definition) is 4. The maximum Gasteiger partial charge on any atom is 1.00 e. The standard InChI is InChI=1S/C17H16N6O6S4.2Na.2H/c18-16-19-7(5-31-16)1-8(24)20-11-13(27)23-12(15(28)29)6(3-30-14(11)23)4-32-17-22-21-9(33-17)2-10(25)26;;;;/h5,11,14H,1-4H2,(H2,18,19)(H,20,24)(H,25,26)(H,28,29);;;;/q;2*+1;2*-1/t11?,14-;;;;/m1..../s1. The van der Waals surface area contributed by atoms with Crippen LogP contribution in [0.15, 0.2) is 21.0 Å². The molecule has 5 N–H and O–H groups in total. The molecule has 178 valence electrons. The molecule has 0 saturated carbocycles. The third-order valence-corrected chi connectivity index (χ3v) is 8.80. The minimum Gasteiger partial charge on any atom is -1.00 e. The molecule has 0 aliphatic carbocycles. The Kier molecular flexibility index (Phi) is 11.5. The van der Waals surface area contributed by atoms with E-state index < -0.39 is 35.2 Å². The first-order valence-electron chi connectivity index (χ1n) is 9.29. The molecule has 2 aromatic heterocycles. The number of anilines is 1. The molecule has 35 heavy (non-hydrogen) atoms. The summed E-state index contributed by atoms with van der Waals surface area (Å²) in [5.41, 5.74) is 6.51. The van der Waals surface area contributed by atoms with Gasteiger partial charge in [0.1, 0.15) is 22.1 Å². The van der Waals surface area contributed by atoms with Gasteiger partial charge in [0.25, 0.3) is 5.91 Å². The van der Waals surface area contributed by atoms with Crippen LogP contribution in [0.25, 0.3) is 0 Å². The zero-order chi connectivity index (χ0) is 23.7. The smallest absolute Gasteiger partial charge is 1.00 e. The first kappa shape index (κ1) is 30.5. The number of nitrogens with zero attached hydrogens (tertiary/aromatic N) is 4. The molecule has 18 heteroatoms. The third kappa shape index (κ3) is 7.21. The van der Waals surface area contributed by atoms with Gasteiger partial charge in [0, 0.05) is 16.9 Å². The fourth-order valence-corrected chi connectivity index (χ4v) is 7.17. The number of nitrogens with two attached hydrogens (primary N) is 1. The van der Waals surface area contributed by atoms with Crippen LogP contribution in [0.4, 0.5) is 5.13 Å². The van der Waals surface area contributed by atoms with E-state index in [-0.39, 0.29) is 86.3 Å². The molecule has 1 fully saturated rings. The molecule has 0 aromatic carbocycles. The average molecular weight is 577 g/mol. The van der Waals surface area contributed by atoms with Crippen LogP contribution in [-0.4, -0.2) is 77.0 Å². The number of carbonyl (C=O) groups excluding carboxylic acids is 2. The zero-order valence-corrected chi connectivity index (χ0v) is 25.9. The number of thioether (sulfide) groups is 2. The molecule has 4 heterocycles. The van der Waals surface area contributed by atoms with E-state index in [9.17, 15) is 24.3 Å². The van der Waals surface area contributed by atoms with Crippen LogP contribution in [0.3, 0.4) is 0 Å². The van der Waals surface area contributed by atoms with Crippen molar-refractivity contribution in [3.05, 3.63) is 27.4 Å². The number of β-lactam (4-membered cyclic amide) rings is 1. The van der Waals surface area contributed by atoms with Crippen molar-refractivity contribution in [3.63, 3.8) is 0 Å². The average Bonchev–Trinajstić information content (AvgIpc) is 3.37. The fraction of sp³-hybridized carbons (Fsp3) is 0.353. The topological polar surface area (TPSA) is 189 Å². The molecule has 0 radical (unpaired) electrons. The summed E-state index contributed by atoms with van der Waals surface area (Å²) in [7, 11) is 0. The summed E-state index contributed by atoms with van der Waals surface area (Å²) in [5.74, 6) is -2.50. The van der Waals surface area contributed by atoms with E-state index >= 15 is 0 Å². The number of thiazole rings is 1. The van der Waals surface area contributed by atoms with Crippen molar-refractivity contribution in [2.45, 2.75) is 28.6 Å². The molecule has 0 bridgehead atoms. The van der Waals surface area contributed by atoms with Crippen molar-refractivity contribution >= 4 is 75.1 Å². The second-order valence-electron chi connectivity index (χ2n) is 6.89. The number of nitrogen functional groups attached to an aromatic ring is 1. The van der Waals surface area contributed by atoms with Gasteiger partial charge in [-0.3, -0.25) is 19.3 Å². The third-order valence-electron chi connectivity index (χ3n) is 4.60. The van der Waals surface area contributed by atoms with Gasteiger partial charge in [-0.1, -0.05) is 23.1 Å². The number of rotatable bonds is 9. The van der Waals surface area contributed by atoms with Crippen LogP contribution in [0.1, 0.15) is 13.6 Å². The van der Waals surface area contributed by atoms with Gasteiger partial charge in [-0.25, -0.2) is 9.78 Å². The van der Waals surface area contributed by atoms with Crippen LogP contribution in [-0.2, 0) is 32.0 Å². The summed E-state index contributed by atoms with van der Waals surface area (Å²) in [5, 5.41) is 30.8. The molecule has 2 amide bonds. The van der Waals surface area contributed by atoms with Crippen LogP contribution < -0.4 is 70.2 Å². The number of nitrogens with one attached hydrogen (secondary N) is 1. The number of aromatic nitrogens is 3. The first-order valence-corrected chi connectivity index (χ1v) is 13.0. The Bertz CT molecular complexity index is 1180. The first-order chi connectivity index (χ1) is 15.7. The van der Waals surface area contributed by atoms with Crippen LogP contribution in [0.5, 0.6) is 0 Å². The van der Waals surface area contributed by atoms with E-state index in [1.54, 1.807) is 5.38 Å². The molecule has 4 rings (SSSR count). The van der Waals surface area contributed by atoms with Crippen molar-refractivity contribution < 1.29 is 91.4 Å². The molecule has 12 nitrogen and oxygen atoms in total. The number of aliphatic carboxylic acids is 2. The Hall–Kier alpha value is -0.690. The second-order valence-corrected chi connectivity index (χ2v) is 11.2. The summed E-state index contributed by atoms with van der Waals surface area (Å²) in [4.78, 5) is 53.0. The molecule has 2 aromatic rings. The van der Waals surface area contributed by atoms with Gasteiger partial charge in [-0.05, 0) is 5.57 Å². The summed E-state index contributed by atoms with van der Waals surface area (Å²) < 4.78 is 0.512. The number of carboxylic acid groups (broad SMARTS) is 2. The molecule has 2 aliphatic rings. The Morgan fingerprint density at radius 1 is 1.26 bits per heavy atom. The zero-order valence-electron chi connectivity index (χ0n) is 20.6. The minimum absolute atomic E-state index is 0. The summed E-state index contributed by atoms with van der Waals surface area (Å²) in [6.45, 7) is 0. The monoisotopic (exact) mass is 576 g/mol. The van der Waals surface area contributed by atoms with E-state index in [0.29, 0.717) is 31.5 Å². The Labute approximate surface area is 262 Å². The number of hydrogen-bond acceptors (Lipinski definition) is 12.